The van der Waals surface area contributed by atoms with Crippen LogP contribution < -0.4 is 0 Å². The van der Waals surface area contributed by atoms with E-state index in [0.717, 1.165) is 14.0 Å². The quantitative estimate of drug-likeness (QED) is 0.0914. The van der Waals surface area contributed by atoms with Crippen LogP contribution in [0.4, 0.5) is 0 Å². The molecule has 5 unspecified atom stereocenters. The average molecular weight is 629 g/mol. The largest absolute Gasteiger partial charge is 0.479 e. The number of carboxylic acids is 1. The van der Waals surface area contributed by atoms with Crippen LogP contribution in [0.5, 0.6) is 0 Å². The molecule has 5 atom stereocenters. The number of carbonyl (C=O) groups excluding carboxylic acids is 5. The zero-order valence-electron chi connectivity index (χ0n) is 24.0. The molecule has 0 aromatic carbocycles. The third kappa shape index (κ3) is 18.6. The third-order valence-corrected chi connectivity index (χ3v) is 6.30. The van der Waals surface area contributed by atoms with Gasteiger partial charge in [-0.15, -0.1) is 0 Å². The van der Waals surface area contributed by atoms with Crippen molar-refractivity contribution in [3.63, 3.8) is 0 Å². The Balaban J connectivity index is 5.08. The molecule has 0 rings (SSSR count). The van der Waals surface area contributed by atoms with Crippen LogP contribution in [-0.2, 0) is 62.6 Å². The van der Waals surface area contributed by atoms with Gasteiger partial charge in [-0.25, -0.2) is 14.4 Å². The molecule has 0 heterocycles. The molecule has 0 aromatic rings. The fraction of sp³-hybridized carbons (Fsp3) is 0.760. The van der Waals surface area contributed by atoms with Crippen molar-refractivity contribution in [3.05, 3.63) is 0 Å². The van der Waals surface area contributed by atoms with Gasteiger partial charge in [-0.2, -0.15) is 8.42 Å². The van der Waals surface area contributed by atoms with E-state index in [2.05, 4.69) is 0 Å². The van der Waals surface area contributed by atoms with E-state index < -0.39 is 114 Å². The van der Waals surface area contributed by atoms with E-state index in [1.807, 2.05) is 0 Å². The van der Waals surface area contributed by atoms with Gasteiger partial charge in [0, 0.05) is 39.2 Å². The molecule has 0 aromatic heterocycles. The highest BCUT2D eigenvalue weighted by molar-refractivity contribution is 7.85. The Morgan fingerprint density at radius 2 is 1.33 bits per heavy atom. The lowest BCUT2D eigenvalue weighted by Gasteiger charge is -2.20. The summed E-state index contributed by atoms with van der Waals surface area (Å²) in [4.78, 5) is 72.0. The van der Waals surface area contributed by atoms with Gasteiger partial charge in [0.1, 0.15) is 35.8 Å². The summed E-state index contributed by atoms with van der Waals surface area (Å²) in [6.07, 6.45) is -7.90. The summed E-state index contributed by atoms with van der Waals surface area (Å²) in [6, 6.07) is 0. The summed E-state index contributed by atoms with van der Waals surface area (Å²) >= 11 is 0. The first-order valence-corrected chi connectivity index (χ1v) is 14.6. The molecule has 0 radical (unpaired) electrons. The zero-order valence-corrected chi connectivity index (χ0v) is 24.8. The molecule has 0 aliphatic rings. The smallest absolute Gasteiger partial charge is 0.335 e. The number of carboxylic acid groups (broad SMARTS) is 1. The van der Waals surface area contributed by atoms with Crippen molar-refractivity contribution in [1.82, 2.24) is 0 Å². The van der Waals surface area contributed by atoms with Gasteiger partial charge in [0.25, 0.3) is 10.1 Å². The molecule has 42 heavy (non-hydrogen) atoms. The number of Topliss-reactive ketones (excluding diaryl/α,β-unsaturated/α-hetero) is 3. The number of hydrogen-bond donors (Lipinski definition) is 3. The summed E-state index contributed by atoms with van der Waals surface area (Å²) < 4.78 is 55.7. The molecule has 3 N–H and O–H groups in total. The number of aliphatic hydroxyl groups is 1. The van der Waals surface area contributed by atoms with E-state index in [0.29, 0.717) is 6.42 Å². The summed E-state index contributed by atoms with van der Waals surface area (Å²) in [5.41, 5.74) is 0. The molecule has 0 bridgehead atoms. The summed E-state index contributed by atoms with van der Waals surface area (Å²) in [5, 5.41) is 18.5. The van der Waals surface area contributed by atoms with Crippen LogP contribution in [0.3, 0.4) is 0 Å². The predicted octanol–water partition coefficient (Wildman–Crippen LogP) is -0.332. The fourth-order valence-corrected chi connectivity index (χ4v) is 3.70. The third-order valence-electron chi connectivity index (χ3n) is 5.50. The lowest BCUT2D eigenvalue weighted by molar-refractivity contribution is -0.164. The van der Waals surface area contributed by atoms with Crippen molar-refractivity contribution >= 4 is 45.4 Å². The Morgan fingerprint density at radius 1 is 0.833 bits per heavy atom. The van der Waals surface area contributed by atoms with Crippen molar-refractivity contribution in [2.75, 3.05) is 32.7 Å². The summed E-state index contributed by atoms with van der Waals surface area (Å²) in [7, 11) is -3.39. The van der Waals surface area contributed by atoms with Crippen molar-refractivity contribution in [1.29, 1.82) is 0 Å². The zero-order chi connectivity index (χ0) is 32.5. The number of ketones is 3. The highest BCUT2D eigenvalue weighted by atomic mass is 32.2. The van der Waals surface area contributed by atoms with E-state index in [9.17, 15) is 42.3 Å². The van der Waals surface area contributed by atoms with Crippen LogP contribution in [0.15, 0.2) is 0 Å². The van der Waals surface area contributed by atoms with E-state index in [4.69, 9.17) is 33.3 Å². The Morgan fingerprint density at radius 3 is 1.76 bits per heavy atom. The second kappa shape index (κ2) is 20.1. The number of methoxy groups -OCH3 is 1. The number of aliphatic carboxylic acids is 1. The molecule has 0 saturated heterocycles. The Kier molecular flexibility index (Phi) is 18.8. The minimum atomic E-state index is -4.53. The number of hydrogen-bond acceptors (Lipinski definition) is 14. The first kappa shape index (κ1) is 39.2. The van der Waals surface area contributed by atoms with E-state index in [1.54, 1.807) is 13.8 Å². The number of aliphatic hydroxyl groups excluding tert-OH is 1. The monoisotopic (exact) mass is 628 g/mol. The molecule has 0 amide bonds. The van der Waals surface area contributed by atoms with E-state index in [1.165, 1.54) is 0 Å². The topological polar surface area (TPSA) is 243 Å². The summed E-state index contributed by atoms with van der Waals surface area (Å²) in [6.45, 7) is 3.04. The minimum Gasteiger partial charge on any atom is -0.479 e. The molecule has 0 aliphatic heterocycles. The van der Waals surface area contributed by atoms with Crippen LogP contribution in [0.2, 0.25) is 0 Å². The molecule has 0 aliphatic carbocycles. The van der Waals surface area contributed by atoms with Crippen LogP contribution in [0, 0.1) is 0 Å². The maximum atomic E-state index is 12.6. The molecule has 17 heteroatoms. The van der Waals surface area contributed by atoms with Gasteiger partial charge >= 0.3 is 17.9 Å². The van der Waals surface area contributed by atoms with Gasteiger partial charge in [0.05, 0.1) is 19.3 Å². The maximum Gasteiger partial charge on any atom is 0.335 e. The van der Waals surface area contributed by atoms with Crippen molar-refractivity contribution in [3.8, 4) is 0 Å². The van der Waals surface area contributed by atoms with E-state index in [-0.39, 0.29) is 19.4 Å². The van der Waals surface area contributed by atoms with Gasteiger partial charge in [0.15, 0.2) is 18.3 Å². The van der Waals surface area contributed by atoms with Crippen LogP contribution in [0.1, 0.15) is 59.3 Å². The van der Waals surface area contributed by atoms with Crippen molar-refractivity contribution < 1.29 is 75.6 Å². The molecule has 16 nitrogen and oxygen atoms in total. The summed E-state index contributed by atoms with van der Waals surface area (Å²) in [5.74, 6) is -5.91. The molecule has 0 saturated carbocycles. The van der Waals surface area contributed by atoms with E-state index >= 15 is 0 Å². The molecule has 0 fully saturated rings. The average Bonchev–Trinajstić information content (AvgIpc) is 2.87. The lowest BCUT2D eigenvalue weighted by atomic mass is 10.1. The maximum absolute atomic E-state index is 12.6. The minimum absolute atomic E-state index is 0.259. The van der Waals surface area contributed by atoms with Gasteiger partial charge in [-0.3, -0.25) is 18.9 Å². The predicted molar refractivity (Wildman–Crippen MR) is 141 cm³/mol. The number of rotatable bonds is 24. The van der Waals surface area contributed by atoms with Crippen molar-refractivity contribution in [2.24, 2.45) is 0 Å². The van der Waals surface area contributed by atoms with Gasteiger partial charge in [0.2, 0.25) is 0 Å². The highest BCUT2D eigenvalue weighted by Crippen LogP contribution is 2.11. The number of carbonyl (C=O) groups is 6. The van der Waals surface area contributed by atoms with Crippen LogP contribution >= 0.6 is 0 Å². The number of ether oxygens (including phenoxy) is 5. The number of esters is 2. The van der Waals surface area contributed by atoms with Gasteiger partial charge in [-0.1, -0.05) is 6.92 Å². The van der Waals surface area contributed by atoms with Crippen LogP contribution in [-0.4, -0.2) is 122 Å². The molecular formula is C25H40O16S. The SMILES string of the molecule is CCC(C)OC(=O)C(CC(=O)CCOC(CC(C)=O)C(=O)OCC(O)CS(=O)(=O)O)OCCC(=O)CC(OC)C(=O)O. The van der Waals surface area contributed by atoms with Gasteiger partial charge in [-0.05, 0) is 20.3 Å². The fourth-order valence-electron chi connectivity index (χ4n) is 3.12. The first-order chi connectivity index (χ1) is 19.5. The first-order valence-electron chi connectivity index (χ1n) is 13.0. The standard InChI is InChI=1S/C25H40O16S/c1-5-16(3)41-25(33)22(39-9-6-17(27)11-20(37-4)23(30)31)12-18(28)7-8-38-21(10-15(2)26)24(32)40-13-19(29)14-42(34,35)36/h16,19-22,29H,5-14H2,1-4H3,(H,30,31)(H,34,35,36). The lowest BCUT2D eigenvalue weighted by Crippen LogP contribution is -2.34. The normalized spacial score (nSPS) is 15.1. The Bertz CT molecular complexity index is 1020. The molecular weight excluding hydrogens is 588 g/mol. The second-order valence-corrected chi connectivity index (χ2v) is 10.9. The van der Waals surface area contributed by atoms with Crippen LogP contribution in [0.25, 0.3) is 0 Å². The molecule has 242 valence electrons. The Labute approximate surface area is 243 Å². The second-order valence-electron chi connectivity index (χ2n) is 9.36. The highest BCUT2D eigenvalue weighted by Gasteiger charge is 2.28. The van der Waals surface area contributed by atoms with Crippen molar-refractivity contribution in [2.45, 2.75) is 89.8 Å². The Hall–Kier alpha value is -2.83. The molecule has 0 spiro atoms. The van der Waals surface area contributed by atoms with Gasteiger partial charge < -0.3 is 33.9 Å².